The van der Waals surface area contributed by atoms with E-state index in [1.807, 2.05) is 36.4 Å². The zero-order valence-electron chi connectivity index (χ0n) is 59.7. The second-order valence-corrected chi connectivity index (χ2v) is 25.1. The van der Waals surface area contributed by atoms with Crippen molar-refractivity contribution in [2.45, 2.75) is 103 Å². The Kier molecular flexibility index (Phi) is 46.2. The number of benzene rings is 2. The summed E-state index contributed by atoms with van der Waals surface area (Å²) in [5.41, 5.74) is 20.0. The Hall–Kier alpha value is -6.00. The number of fused-ring (bicyclic) bond motifs is 2. The summed E-state index contributed by atoms with van der Waals surface area (Å²) in [5.74, 6) is 2.73. The molecule has 6 heterocycles. The van der Waals surface area contributed by atoms with Crippen molar-refractivity contribution in [3.8, 4) is 0 Å². The molecule has 2 aliphatic heterocycles. The van der Waals surface area contributed by atoms with Crippen molar-refractivity contribution < 1.29 is 57.0 Å². The second kappa shape index (κ2) is 55.5. The third kappa shape index (κ3) is 35.4. The van der Waals surface area contributed by atoms with Gasteiger partial charge in [0, 0.05) is 95.8 Å². The number of alkyl halides is 1. The highest BCUT2D eigenvalue weighted by Crippen LogP contribution is 2.27. The number of imidazole rings is 2. The predicted octanol–water partition coefficient (Wildman–Crippen LogP) is 7.28. The minimum Gasteiger partial charge on any atom is -0.379 e. The number of nitrogens with one attached hydrogen (secondary N) is 3. The molecule has 2 saturated heterocycles. The van der Waals surface area contributed by atoms with Gasteiger partial charge in [-0.05, 0) is 134 Å². The number of piperidine rings is 2. The summed E-state index contributed by atoms with van der Waals surface area (Å²) in [4.78, 5) is 57.4. The predicted molar refractivity (Wildman–Crippen MR) is 399 cm³/mol. The fraction of sp³-hybridized carbons (Fsp3) is 0.667. The topological polar surface area (TPSA) is 334 Å². The normalized spacial score (nSPS) is 14.6. The molecular weight excluding hydrogens is 1360 g/mol. The molecule has 0 unspecified atom stereocenters. The van der Waals surface area contributed by atoms with Gasteiger partial charge in [-0.15, -0.1) is 0 Å². The molecule has 101 heavy (non-hydrogen) atoms. The lowest BCUT2D eigenvalue weighted by molar-refractivity contribution is -0.121. The van der Waals surface area contributed by atoms with Gasteiger partial charge in [-0.3, -0.25) is 30.2 Å². The smallest absolute Gasteiger partial charge is 0.231 e. The standard InChI is InChI=1S/C36H58N8O6.C22H27BrN6O.C14H32N2O5/c37-12-7-19-46-21-23-48-25-27-50-28-26-49-24-22-47-20-8-14-38-13-4-1-5-18-44-33-11-3-2-10-32(33)41-36(44)42-35(45)31-9-6-17-43(30-31)34-29-39-15-16-40-34;23-10-4-1-5-14-29-19-9-3-2-8-18(19)26-22(29)27-21(30)17-7-6-13-28(16-17)20-15-24-11-12-25-20;15-3-1-5-17-7-9-19-11-13-21-14-12-20-10-8-18-6-2-4-16/h2-3,10-11,15-16,29,31,38H,1,4-9,12-14,17-28,30,37H2,(H,41,42,45);2-3,8-9,11-12,15,17H,1,4-7,10,13-14,16H2,(H,26,27,30);1-16H2/t31-;17-;/m00./s1. The third-order valence-electron chi connectivity index (χ3n) is 16.5. The van der Waals surface area contributed by atoms with Crippen LogP contribution in [0.25, 0.3) is 22.1 Å². The van der Waals surface area contributed by atoms with Crippen molar-refractivity contribution in [2.24, 2.45) is 29.0 Å². The molecule has 28 nitrogen and oxygen atoms in total. The number of hydrogen-bond acceptors (Lipinski definition) is 24. The van der Waals surface area contributed by atoms with Crippen LogP contribution in [-0.4, -0.2) is 247 Å². The van der Waals surface area contributed by atoms with E-state index in [-0.39, 0.29) is 23.7 Å². The number of anilines is 4. The summed E-state index contributed by atoms with van der Waals surface area (Å²) in [6.07, 6.45) is 24.0. The number of ether oxygens (including phenoxy) is 10. The number of nitrogens with zero attached hydrogens (tertiary/aromatic N) is 10. The first kappa shape index (κ1) is 83.9. The lowest BCUT2D eigenvalue weighted by Crippen LogP contribution is -2.41. The van der Waals surface area contributed by atoms with Gasteiger partial charge in [0.05, 0.1) is 152 Å². The van der Waals surface area contributed by atoms with Crippen LogP contribution in [0, 0.1) is 11.8 Å². The maximum Gasteiger partial charge on any atom is 0.231 e. The quantitative estimate of drug-likeness (QED) is 0.0161. The highest BCUT2D eigenvalue weighted by atomic mass is 79.9. The summed E-state index contributed by atoms with van der Waals surface area (Å²) in [6, 6.07) is 16.1. The van der Waals surface area contributed by atoms with E-state index in [0.29, 0.717) is 177 Å². The van der Waals surface area contributed by atoms with Gasteiger partial charge in [0.25, 0.3) is 0 Å². The van der Waals surface area contributed by atoms with E-state index >= 15 is 0 Å². The van der Waals surface area contributed by atoms with Crippen LogP contribution in [0.2, 0.25) is 0 Å². The third-order valence-corrected chi connectivity index (χ3v) is 17.0. The number of carbonyl (C=O) groups excluding carboxylic acids is 2. The molecule has 0 bridgehead atoms. The van der Waals surface area contributed by atoms with E-state index in [2.05, 4.69) is 82.9 Å². The van der Waals surface area contributed by atoms with Crippen molar-refractivity contribution in [2.75, 3.05) is 217 Å². The number of halogens is 1. The maximum absolute atomic E-state index is 13.4. The molecule has 8 rings (SSSR count). The monoisotopic (exact) mass is 1480 g/mol. The fourth-order valence-electron chi connectivity index (χ4n) is 11.1. The van der Waals surface area contributed by atoms with Gasteiger partial charge in [-0.1, -0.05) is 53.0 Å². The molecule has 2 atom stereocenters. The van der Waals surface area contributed by atoms with E-state index in [0.717, 1.165) is 168 Å². The molecule has 2 fully saturated rings. The molecule has 2 aromatic carbocycles. The molecule has 6 aromatic rings. The van der Waals surface area contributed by atoms with Crippen LogP contribution in [0.5, 0.6) is 0 Å². The molecule has 4 aromatic heterocycles. The molecule has 0 radical (unpaired) electrons. The van der Waals surface area contributed by atoms with Crippen molar-refractivity contribution >= 4 is 73.3 Å². The summed E-state index contributed by atoms with van der Waals surface area (Å²) in [5, 5.41) is 10.8. The first-order valence-electron chi connectivity index (χ1n) is 36.6. The Morgan fingerprint density at radius 2 is 0.792 bits per heavy atom. The van der Waals surface area contributed by atoms with Crippen molar-refractivity contribution in [3.05, 3.63) is 85.7 Å². The van der Waals surface area contributed by atoms with Gasteiger partial charge >= 0.3 is 0 Å². The Morgan fingerprint density at radius 1 is 0.436 bits per heavy atom. The van der Waals surface area contributed by atoms with Crippen LogP contribution in [0.15, 0.2) is 85.7 Å². The van der Waals surface area contributed by atoms with E-state index in [1.54, 1.807) is 37.2 Å². The lowest BCUT2D eigenvalue weighted by atomic mass is 9.97. The van der Waals surface area contributed by atoms with E-state index in [4.69, 9.17) is 74.5 Å². The molecule has 9 N–H and O–H groups in total. The summed E-state index contributed by atoms with van der Waals surface area (Å²) >= 11 is 3.49. The second-order valence-electron chi connectivity index (χ2n) is 24.3. The Morgan fingerprint density at radius 3 is 1.16 bits per heavy atom. The summed E-state index contributed by atoms with van der Waals surface area (Å²) < 4.78 is 58.5. The Bertz CT molecular complexity index is 3000. The maximum atomic E-state index is 13.4. The van der Waals surface area contributed by atoms with Gasteiger partial charge in [0.2, 0.25) is 23.7 Å². The van der Waals surface area contributed by atoms with Crippen molar-refractivity contribution in [3.63, 3.8) is 0 Å². The van der Waals surface area contributed by atoms with Gasteiger partial charge in [-0.25, -0.2) is 19.9 Å². The largest absolute Gasteiger partial charge is 0.379 e. The highest BCUT2D eigenvalue weighted by Gasteiger charge is 2.30. The zero-order chi connectivity index (χ0) is 71.1. The van der Waals surface area contributed by atoms with Crippen molar-refractivity contribution in [1.29, 1.82) is 0 Å². The lowest BCUT2D eigenvalue weighted by Gasteiger charge is -2.32. The Labute approximate surface area is 606 Å². The summed E-state index contributed by atoms with van der Waals surface area (Å²) in [6.45, 7) is 20.5. The number of hydrogen-bond donors (Lipinski definition) is 6. The first-order chi connectivity index (χ1) is 49.9. The molecule has 564 valence electrons. The van der Waals surface area contributed by atoms with Crippen LogP contribution in [-0.2, 0) is 70.0 Å². The first-order valence-corrected chi connectivity index (χ1v) is 37.7. The molecule has 0 saturated carbocycles. The number of unbranched alkanes of at least 4 members (excludes halogenated alkanes) is 4. The van der Waals surface area contributed by atoms with Crippen LogP contribution < -0.4 is 43.0 Å². The van der Waals surface area contributed by atoms with E-state index in [9.17, 15) is 9.59 Å². The number of para-hydroxylation sites is 4. The van der Waals surface area contributed by atoms with Crippen LogP contribution in [0.3, 0.4) is 0 Å². The minimum atomic E-state index is -0.131. The zero-order valence-corrected chi connectivity index (χ0v) is 61.3. The number of nitrogens with two attached hydrogens (primary N) is 3. The minimum absolute atomic E-state index is 0.00959. The fourth-order valence-corrected chi connectivity index (χ4v) is 11.5. The number of aromatic nitrogens is 8. The highest BCUT2D eigenvalue weighted by molar-refractivity contribution is 9.09. The van der Waals surface area contributed by atoms with Gasteiger partial charge in [0.1, 0.15) is 11.6 Å². The molecule has 2 aliphatic rings. The molecule has 29 heteroatoms. The van der Waals surface area contributed by atoms with Crippen molar-refractivity contribution in [1.82, 2.24) is 44.4 Å². The number of aryl methyl sites for hydroxylation is 2. The number of carbonyl (C=O) groups is 2. The average Bonchev–Trinajstić information content (AvgIpc) is 1.67. The van der Waals surface area contributed by atoms with E-state index in [1.165, 1.54) is 0 Å². The average molecular weight is 1480 g/mol. The SMILES string of the molecule is NCCCOCCOCCOCCOCCOCCCN.NCCCOCCOCCOCCOCCOCCCNCCCCCn1c(NC(=O)[C@H]2CCCN(c3cnccn3)C2)nc2ccccc21.O=C(Nc1nc2ccccc2n1CCCCCBr)[C@H]1CCCN(c2cnccn2)C1. The summed E-state index contributed by atoms with van der Waals surface area (Å²) in [7, 11) is 0. The number of amides is 2. The molecular formula is C72H117BrN16O12. The molecule has 2 amide bonds. The van der Waals surface area contributed by atoms with Crippen LogP contribution >= 0.6 is 15.9 Å². The molecule has 0 aliphatic carbocycles. The van der Waals surface area contributed by atoms with Gasteiger partial charge in [-0.2, -0.15) is 0 Å². The molecule has 0 spiro atoms. The Balaban J connectivity index is 0.000000266. The van der Waals surface area contributed by atoms with Crippen LogP contribution in [0.1, 0.15) is 89.9 Å². The van der Waals surface area contributed by atoms with Gasteiger partial charge in [0.15, 0.2) is 0 Å². The van der Waals surface area contributed by atoms with Gasteiger partial charge < -0.3 is 88.8 Å². The van der Waals surface area contributed by atoms with E-state index < -0.39 is 0 Å². The number of rotatable bonds is 54. The van der Waals surface area contributed by atoms with Crippen LogP contribution in [0.4, 0.5) is 23.5 Å².